The molecule has 0 radical (unpaired) electrons. The van der Waals surface area contributed by atoms with Crippen LogP contribution in [0.2, 0.25) is 0 Å². The molecule has 2 rings (SSSR count). The van der Waals surface area contributed by atoms with Crippen molar-refractivity contribution in [3.63, 3.8) is 0 Å². The Morgan fingerprint density at radius 3 is 2.43 bits per heavy atom. The van der Waals surface area contributed by atoms with Gasteiger partial charge >= 0.3 is 6.03 Å². The highest BCUT2D eigenvalue weighted by Gasteiger charge is 2.14. The van der Waals surface area contributed by atoms with E-state index in [0.29, 0.717) is 11.7 Å². The van der Waals surface area contributed by atoms with Gasteiger partial charge in [0.05, 0.1) is 6.20 Å². The molecule has 1 aromatic carbocycles. The lowest BCUT2D eigenvalue weighted by molar-refractivity contribution is 0.259. The lowest BCUT2D eigenvalue weighted by atomic mass is 10.1. The van der Waals surface area contributed by atoms with Gasteiger partial charge in [-0.25, -0.2) is 4.79 Å². The first-order valence-corrected chi connectivity index (χ1v) is 7.81. The predicted octanol–water partition coefficient (Wildman–Crippen LogP) is 3.11. The molecule has 0 fully saturated rings. The second kappa shape index (κ2) is 7.28. The highest BCUT2D eigenvalue weighted by molar-refractivity contribution is 5.87. The zero-order valence-electron chi connectivity index (χ0n) is 14.1. The van der Waals surface area contributed by atoms with Crippen LogP contribution < -0.4 is 16.4 Å². The Balaban J connectivity index is 1.96. The van der Waals surface area contributed by atoms with Crippen molar-refractivity contribution >= 4 is 11.7 Å². The second-order valence-electron chi connectivity index (χ2n) is 6.01. The largest absolute Gasteiger partial charge is 0.351 e. The van der Waals surface area contributed by atoms with E-state index in [1.807, 2.05) is 35.1 Å². The number of nitrogens with one attached hydrogen (secondary N) is 2. The Kier molecular flexibility index (Phi) is 5.39. The summed E-state index contributed by atoms with van der Waals surface area (Å²) in [6, 6.07) is 7.64. The van der Waals surface area contributed by atoms with E-state index in [-0.39, 0.29) is 6.04 Å². The van der Waals surface area contributed by atoms with E-state index in [0.717, 1.165) is 12.1 Å². The van der Waals surface area contributed by atoms with Crippen molar-refractivity contribution in [1.82, 2.24) is 15.1 Å². The molecule has 1 atom stereocenters. The van der Waals surface area contributed by atoms with Crippen LogP contribution in [0.4, 0.5) is 10.5 Å². The van der Waals surface area contributed by atoms with Crippen LogP contribution in [-0.4, -0.2) is 15.8 Å². The van der Waals surface area contributed by atoms with Gasteiger partial charge in [0.25, 0.3) is 0 Å². The molecule has 0 spiro atoms. The molecule has 0 bridgehead atoms. The molecule has 4 N–H and O–H groups in total. The third kappa shape index (κ3) is 4.32. The number of amides is 2. The van der Waals surface area contributed by atoms with Crippen LogP contribution in [0, 0.1) is 6.92 Å². The molecular formula is C17H25N5O. The molecule has 6 nitrogen and oxygen atoms in total. The van der Waals surface area contributed by atoms with Crippen molar-refractivity contribution in [2.24, 2.45) is 5.73 Å². The number of aromatic nitrogens is 2. The Hall–Kier alpha value is -2.34. The van der Waals surface area contributed by atoms with Gasteiger partial charge in [-0.05, 0) is 45.4 Å². The van der Waals surface area contributed by atoms with Gasteiger partial charge in [0.2, 0.25) is 0 Å². The highest BCUT2D eigenvalue weighted by atomic mass is 16.2. The van der Waals surface area contributed by atoms with Gasteiger partial charge in [-0.15, -0.1) is 0 Å². The minimum atomic E-state index is -0.554. The predicted molar refractivity (Wildman–Crippen MR) is 92.3 cm³/mol. The maximum Gasteiger partial charge on any atom is 0.316 e. The van der Waals surface area contributed by atoms with Crippen LogP contribution in [0.5, 0.6) is 0 Å². The molecule has 1 aromatic heterocycles. The number of urea groups is 1. The van der Waals surface area contributed by atoms with E-state index >= 15 is 0 Å². The fourth-order valence-corrected chi connectivity index (χ4v) is 2.61. The molecule has 1 heterocycles. The average molecular weight is 315 g/mol. The van der Waals surface area contributed by atoms with Gasteiger partial charge in [0, 0.05) is 35.6 Å². The molecule has 2 amide bonds. The standard InChI is InChI=1S/C17H25N5O/c1-11(2)22-13(4)16(10-20-22)12(3)19-9-14-5-7-15(8-6-14)21-17(18)23/h5-8,10-12,19H,9H2,1-4H3,(H3,18,21,23)/t12-/m1/s1. The van der Waals surface area contributed by atoms with E-state index in [4.69, 9.17) is 5.73 Å². The molecule has 6 heteroatoms. The van der Waals surface area contributed by atoms with E-state index < -0.39 is 6.03 Å². The van der Waals surface area contributed by atoms with Crippen molar-refractivity contribution in [2.45, 2.75) is 46.3 Å². The van der Waals surface area contributed by atoms with E-state index in [1.165, 1.54) is 11.3 Å². The van der Waals surface area contributed by atoms with Gasteiger partial charge in [-0.3, -0.25) is 4.68 Å². The molecule has 0 aliphatic heterocycles. The van der Waals surface area contributed by atoms with Gasteiger partial charge in [0.15, 0.2) is 0 Å². The van der Waals surface area contributed by atoms with E-state index in [9.17, 15) is 4.79 Å². The number of nitrogens with zero attached hydrogens (tertiary/aromatic N) is 2. The Labute approximate surface area is 137 Å². The first-order chi connectivity index (χ1) is 10.9. The average Bonchev–Trinajstić information content (AvgIpc) is 2.87. The zero-order valence-corrected chi connectivity index (χ0v) is 14.1. The Bertz CT molecular complexity index is 660. The molecule has 0 aliphatic rings. The SMILES string of the molecule is Cc1c([C@@H](C)NCc2ccc(NC(N)=O)cc2)cnn1C(C)C. The van der Waals surface area contributed by atoms with Gasteiger partial charge in [-0.1, -0.05) is 12.1 Å². The summed E-state index contributed by atoms with van der Waals surface area (Å²) < 4.78 is 2.04. The molecule has 23 heavy (non-hydrogen) atoms. The normalized spacial score (nSPS) is 12.4. The minimum Gasteiger partial charge on any atom is -0.351 e. The molecular weight excluding hydrogens is 290 g/mol. The molecule has 0 unspecified atom stereocenters. The minimum absolute atomic E-state index is 0.214. The van der Waals surface area contributed by atoms with Crippen molar-refractivity contribution in [2.75, 3.05) is 5.32 Å². The third-order valence-electron chi connectivity index (χ3n) is 3.87. The Morgan fingerprint density at radius 2 is 1.91 bits per heavy atom. The van der Waals surface area contributed by atoms with Crippen molar-refractivity contribution in [3.8, 4) is 0 Å². The molecule has 0 saturated heterocycles. The summed E-state index contributed by atoms with van der Waals surface area (Å²) in [6.45, 7) is 9.24. The van der Waals surface area contributed by atoms with E-state index in [1.54, 1.807) is 0 Å². The highest BCUT2D eigenvalue weighted by Crippen LogP contribution is 2.20. The summed E-state index contributed by atoms with van der Waals surface area (Å²) in [5, 5.41) is 10.5. The summed E-state index contributed by atoms with van der Waals surface area (Å²) >= 11 is 0. The van der Waals surface area contributed by atoms with Crippen LogP contribution in [0.3, 0.4) is 0 Å². The third-order valence-corrected chi connectivity index (χ3v) is 3.87. The van der Waals surface area contributed by atoms with Gasteiger partial charge in [0.1, 0.15) is 0 Å². The van der Waals surface area contributed by atoms with Crippen LogP contribution in [0.25, 0.3) is 0 Å². The van der Waals surface area contributed by atoms with Crippen LogP contribution in [-0.2, 0) is 6.54 Å². The summed E-state index contributed by atoms with van der Waals surface area (Å²) in [7, 11) is 0. The number of carbonyl (C=O) groups is 1. The maximum atomic E-state index is 10.8. The Morgan fingerprint density at radius 1 is 1.26 bits per heavy atom. The lowest BCUT2D eigenvalue weighted by Gasteiger charge is -2.15. The first kappa shape index (κ1) is 17.0. The van der Waals surface area contributed by atoms with Crippen LogP contribution in [0.15, 0.2) is 30.5 Å². The molecule has 0 saturated carbocycles. The number of benzene rings is 1. The summed E-state index contributed by atoms with van der Waals surface area (Å²) in [4.78, 5) is 10.8. The van der Waals surface area contributed by atoms with Crippen molar-refractivity contribution in [1.29, 1.82) is 0 Å². The lowest BCUT2D eigenvalue weighted by Crippen LogP contribution is -2.20. The summed E-state index contributed by atoms with van der Waals surface area (Å²) in [6.07, 6.45) is 1.94. The number of anilines is 1. The second-order valence-corrected chi connectivity index (χ2v) is 6.01. The number of rotatable bonds is 6. The number of primary amides is 1. The van der Waals surface area contributed by atoms with Crippen molar-refractivity contribution in [3.05, 3.63) is 47.3 Å². The first-order valence-electron chi connectivity index (χ1n) is 7.81. The van der Waals surface area contributed by atoms with Crippen LogP contribution >= 0.6 is 0 Å². The quantitative estimate of drug-likeness (QED) is 0.765. The summed E-state index contributed by atoms with van der Waals surface area (Å²) in [5.74, 6) is 0. The van der Waals surface area contributed by atoms with Gasteiger partial charge < -0.3 is 16.4 Å². The van der Waals surface area contributed by atoms with Crippen molar-refractivity contribution < 1.29 is 4.79 Å². The van der Waals surface area contributed by atoms with E-state index in [2.05, 4.69) is 43.4 Å². The molecule has 124 valence electrons. The molecule has 0 aliphatic carbocycles. The monoisotopic (exact) mass is 315 g/mol. The topological polar surface area (TPSA) is 85.0 Å². The number of nitrogens with two attached hydrogens (primary N) is 1. The van der Waals surface area contributed by atoms with Gasteiger partial charge in [-0.2, -0.15) is 5.10 Å². The van der Waals surface area contributed by atoms with Crippen LogP contribution in [0.1, 0.15) is 49.7 Å². The number of hydrogen-bond acceptors (Lipinski definition) is 3. The smallest absolute Gasteiger partial charge is 0.316 e. The fraction of sp³-hybridized carbons (Fsp3) is 0.412. The maximum absolute atomic E-state index is 10.8. The molecule has 2 aromatic rings. The number of hydrogen-bond donors (Lipinski definition) is 3. The summed E-state index contributed by atoms with van der Waals surface area (Å²) in [5.41, 5.74) is 9.34. The zero-order chi connectivity index (χ0) is 17.0. The fourth-order valence-electron chi connectivity index (χ4n) is 2.61. The number of carbonyl (C=O) groups excluding carboxylic acids is 1.